The van der Waals surface area contributed by atoms with E-state index in [9.17, 15) is 14.4 Å². The molecule has 0 spiro atoms. The third-order valence-corrected chi connectivity index (χ3v) is 6.32. The molecule has 1 aliphatic heterocycles. The van der Waals surface area contributed by atoms with E-state index >= 15 is 0 Å². The van der Waals surface area contributed by atoms with Crippen LogP contribution in [0.5, 0.6) is 5.75 Å². The SMILES string of the molecule is COc1ccc2cc(C3(C)NC(=O)N(CC(=O)NC(C)CCc4ccccc4)C3=O)ccc2c1. The normalized spacial score (nSPS) is 18.6. The number of nitrogens with zero attached hydrogens (tertiary/aromatic N) is 1. The van der Waals surface area contributed by atoms with Gasteiger partial charge in [-0.05, 0) is 66.8 Å². The lowest BCUT2D eigenvalue weighted by Crippen LogP contribution is -2.45. The number of fused-ring (bicyclic) bond motifs is 1. The molecule has 4 rings (SSSR count). The molecule has 2 atom stereocenters. The standard InChI is InChI=1S/C27H29N3O4/c1-18(9-10-19-7-5-4-6-8-19)28-24(31)17-30-25(32)27(2,29-26(30)33)22-13-11-21-16-23(34-3)14-12-20(21)15-22/h4-8,11-16,18H,9-10,17H2,1-3H3,(H,28,31)(H,29,33). The van der Waals surface area contributed by atoms with Crippen LogP contribution >= 0.6 is 0 Å². The van der Waals surface area contributed by atoms with Gasteiger partial charge < -0.3 is 15.4 Å². The van der Waals surface area contributed by atoms with Crippen molar-refractivity contribution in [2.45, 2.75) is 38.3 Å². The van der Waals surface area contributed by atoms with Crippen molar-refractivity contribution in [2.75, 3.05) is 13.7 Å². The van der Waals surface area contributed by atoms with Crippen LogP contribution in [0.15, 0.2) is 66.7 Å². The maximum atomic E-state index is 13.2. The first-order valence-corrected chi connectivity index (χ1v) is 11.4. The summed E-state index contributed by atoms with van der Waals surface area (Å²) in [6.45, 7) is 3.26. The zero-order valence-corrected chi connectivity index (χ0v) is 19.6. The lowest BCUT2D eigenvalue weighted by Gasteiger charge is -2.23. The Morgan fingerprint density at radius 1 is 1.06 bits per heavy atom. The van der Waals surface area contributed by atoms with E-state index in [4.69, 9.17) is 4.74 Å². The molecule has 1 saturated heterocycles. The van der Waals surface area contributed by atoms with E-state index in [0.717, 1.165) is 34.3 Å². The van der Waals surface area contributed by atoms with Crippen LogP contribution in [0.25, 0.3) is 10.8 Å². The maximum Gasteiger partial charge on any atom is 0.325 e. The highest BCUT2D eigenvalue weighted by Crippen LogP contribution is 2.32. The van der Waals surface area contributed by atoms with E-state index in [1.165, 1.54) is 5.56 Å². The van der Waals surface area contributed by atoms with Crippen molar-refractivity contribution in [3.8, 4) is 5.75 Å². The molecule has 2 N–H and O–H groups in total. The summed E-state index contributed by atoms with van der Waals surface area (Å²) in [6, 6.07) is 20.6. The van der Waals surface area contributed by atoms with Crippen LogP contribution in [0.3, 0.4) is 0 Å². The van der Waals surface area contributed by atoms with E-state index in [2.05, 4.69) is 10.6 Å². The summed E-state index contributed by atoms with van der Waals surface area (Å²) >= 11 is 0. The first kappa shape index (κ1) is 23.3. The van der Waals surface area contributed by atoms with Crippen molar-refractivity contribution in [1.29, 1.82) is 0 Å². The number of carbonyl (C=O) groups excluding carboxylic acids is 3. The number of aryl methyl sites for hydroxylation is 1. The van der Waals surface area contributed by atoms with Gasteiger partial charge in [-0.1, -0.05) is 48.5 Å². The second-order valence-electron chi connectivity index (χ2n) is 8.87. The van der Waals surface area contributed by atoms with Crippen LogP contribution in [0.2, 0.25) is 0 Å². The van der Waals surface area contributed by atoms with Crippen LogP contribution in [0.1, 0.15) is 31.4 Å². The number of imide groups is 1. The first-order chi connectivity index (χ1) is 16.3. The monoisotopic (exact) mass is 459 g/mol. The molecule has 1 aliphatic rings. The third kappa shape index (κ3) is 4.73. The molecule has 0 radical (unpaired) electrons. The van der Waals surface area contributed by atoms with Crippen molar-refractivity contribution >= 4 is 28.6 Å². The van der Waals surface area contributed by atoms with Gasteiger partial charge in [0.05, 0.1) is 7.11 Å². The number of nitrogens with one attached hydrogen (secondary N) is 2. The molecular formula is C27H29N3O4. The molecule has 0 aromatic heterocycles. The molecule has 176 valence electrons. The Hall–Kier alpha value is -3.87. The van der Waals surface area contributed by atoms with Gasteiger partial charge >= 0.3 is 6.03 Å². The molecule has 0 aliphatic carbocycles. The summed E-state index contributed by atoms with van der Waals surface area (Å²) in [5, 5.41) is 7.55. The summed E-state index contributed by atoms with van der Waals surface area (Å²) in [4.78, 5) is 39.5. The lowest BCUT2D eigenvalue weighted by atomic mass is 9.90. The molecule has 0 bridgehead atoms. The largest absolute Gasteiger partial charge is 0.497 e. The van der Waals surface area contributed by atoms with E-state index in [1.807, 2.05) is 73.7 Å². The number of ether oxygens (including phenoxy) is 1. The Morgan fingerprint density at radius 2 is 1.76 bits per heavy atom. The average Bonchev–Trinajstić information content (AvgIpc) is 3.06. The number of rotatable bonds is 8. The zero-order valence-electron chi connectivity index (χ0n) is 19.6. The topological polar surface area (TPSA) is 87.7 Å². The molecule has 3 aromatic rings. The minimum atomic E-state index is -1.25. The molecule has 1 heterocycles. The van der Waals surface area contributed by atoms with Gasteiger partial charge in [-0.3, -0.25) is 14.5 Å². The lowest BCUT2D eigenvalue weighted by molar-refractivity contribution is -0.135. The molecule has 34 heavy (non-hydrogen) atoms. The van der Waals surface area contributed by atoms with Crippen molar-refractivity contribution in [2.24, 2.45) is 0 Å². The summed E-state index contributed by atoms with van der Waals surface area (Å²) < 4.78 is 5.26. The fourth-order valence-corrected chi connectivity index (χ4v) is 4.26. The predicted molar refractivity (Wildman–Crippen MR) is 130 cm³/mol. The first-order valence-electron chi connectivity index (χ1n) is 11.4. The summed E-state index contributed by atoms with van der Waals surface area (Å²) in [5.74, 6) is -0.0664. The summed E-state index contributed by atoms with van der Waals surface area (Å²) in [5.41, 5.74) is 0.606. The highest BCUT2D eigenvalue weighted by Gasteiger charge is 2.49. The Bertz CT molecular complexity index is 1230. The number of urea groups is 1. The number of hydrogen-bond acceptors (Lipinski definition) is 4. The molecule has 1 fully saturated rings. The summed E-state index contributed by atoms with van der Waals surface area (Å²) in [7, 11) is 1.61. The third-order valence-electron chi connectivity index (χ3n) is 6.32. The second kappa shape index (κ2) is 9.55. The zero-order chi connectivity index (χ0) is 24.3. The number of hydrogen-bond donors (Lipinski definition) is 2. The molecular weight excluding hydrogens is 430 g/mol. The van der Waals surface area contributed by atoms with E-state index < -0.39 is 17.5 Å². The smallest absolute Gasteiger partial charge is 0.325 e. The number of amides is 4. The molecule has 0 saturated carbocycles. The number of benzene rings is 3. The molecule has 2 unspecified atom stereocenters. The van der Waals surface area contributed by atoms with Crippen molar-refractivity contribution < 1.29 is 19.1 Å². The van der Waals surface area contributed by atoms with Gasteiger partial charge in [0.15, 0.2) is 0 Å². The average molecular weight is 460 g/mol. The number of carbonyl (C=O) groups is 3. The maximum absolute atomic E-state index is 13.2. The quantitative estimate of drug-likeness (QED) is 0.502. The summed E-state index contributed by atoms with van der Waals surface area (Å²) in [6.07, 6.45) is 1.59. The van der Waals surface area contributed by atoms with Gasteiger partial charge in [0.25, 0.3) is 5.91 Å². The van der Waals surface area contributed by atoms with Crippen molar-refractivity contribution in [3.05, 3.63) is 77.9 Å². The van der Waals surface area contributed by atoms with E-state index in [1.54, 1.807) is 14.0 Å². The molecule has 3 aromatic carbocycles. The van der Waals surface area contributed by atoms with Gasteiger partial charge in [0.1, 0.15) is 17.8 Å². The van der Waals surface area contributed by atoms with Gasteiger partial charge in [-0.2, -0.15) is 0 Å². The predicted octanol–water partition coefficient (Wildman–Crippen LogP) is 3.75. The van der Waals surface area contributed by atoms with Gasteiger partial charge in [-0.15, -0.1) is 0 Å². The van der Waals surface area contributed by atoms with E-state index in [0.29, 0.717) is 5.56 Å². The fraction of sp³-hybridized carbons (Fsp3) is 0.296. The van der Waals surface area contributed by atoms with Gasteiger partial charge in [0.2, 0.25) is 5.91 Å². The van der Waals surface area contributed by atoms with E-state index in [-0.39, 0.29) is 18.5 Å². The van der Waals surface area contributed by atoms with Crippen LogP contribution in [-0.4, -0.2) is 42.4 Å². The highest BCUT2D eigenvalue weighted by molar-refractivity contribution is 6.09. The van der Waals surface area contributed by atoms with Crippen LogP contribution in [0.4, 0.5) is 4.79 Å². The van der Waals surface area contributed by atoms with Crippen LogP contribution in [0, 0.1) is 0 Å². The molecule has 4 amide bonds. The molecule has 7 heteroatoms. The van der Waals surface area contributed by atoms with Gasteiger partial charge in [0, 0.05) is 6.04 Å². The Balaban J connectivity index is 1.41. The fourth-order valence-electron chi connectivity index (χ4n) is 4.26. The van der Waals surface area contributed by atoms with Crippen LogP contribution in [-0.2, 0) is 21.5 Å². The van der Waals surface area contributed by atoms with Crippen molar-refractivity contribution in [1.82, 2.24) is 15.5 Å². The van der Waals surface area contributed by atoms with Crippen molar-refractivity contribution in [3.63, 3.8) is 0 Å². The minimum Gasteiger partial charge on any atom is -0.497 e. The minimum absolute atomic E-state index is 0.0858. The number of methoxy groups -OCH3 is 1. The Kier molecular flexibility index (Phi) is 6.54. The highest BCUT2D eigenvalue weighted by atomic mass is 16.5. The Labute approximate surface area is 199 Å². The van der Waals surface area contributed by atoms with Crippen LogP contribution < -0.4 is 15.4 Å². The molecule has 7 nitrogen and oxygen atoms in total. The van der Waals surface area contributed by atoms with Gasteiger partial charge in [-0.25, -0.2) is 4.79 Å². The second-order valence-corrected chi connectivity index (χ2v) is 8.87. The Morgan fingerprint density at radius 3 is 2.50 bits per heavy atom.